The molecule has 0 bridgehead atoms. The van der Waals surface area contributed by atoms with Gasteiger partial charge in [-0.1, -0.05) is 0 Å². The number of amides is 1. The summed E-state index contributed by atoms with van der Waals surface area (Å²) in [6.07, 6.45) is 1.60. The van der Waals surface area contributed by atoms with Gasteiger partial charge in [0.25, 0.3) is 0 Å². The van der Waals surface area contributed by atoms with E-state index in [0.29, 0.717) is 12.8 Å². The van der Waals surface area contributed by atoms with Gasteiger partial charge in [0.15, 0.2) is 5.60 Å². The first-order chi connectivity index (χ1) is 8.46. The largest absolute Gasteiger partial charge is 0.479 e. The van der Waals surface area contributed by atoms with Gasteiger partial charge in [0.05, 0.1) is 0 Å². The van der Waals surface area contributed by atoms with Gasteiger partial charge in [0.2, 0.25) is 0 Å². The zero-order valence-electron chi connectivity index (χ0n) is 11.9. The normalized spacial score (nSPS) is 20.9. The van der Waals surface area contributed by atoms with Gasteiger partial charge < -0.3 is 20.3 Å². The average molecular weight is 273 g/mol. The van der Waals surface area contributed by atoms with E-state index in [9.17, 15) is 14.7 Å². The number of ether oxygens (including phenoxy) is 1. The van der Waals surface area contributed by atoms with E-state index in [2.05, 4.69) is 5.32 Å². The van der Waals surface area contributed by atoms with Crippen LogP contribution >= 0.6 is 0 Å². The molecule has 1 aliphatic rings. The SMILES string of the molecule is CC(C)(C)OC(=O)NC1(CC(C)(O)C(=O)O)CCC1. The summed E-state index contributed by atoms with van der Waals surface area (Å²) in [7, 11) is 0. The Bertz CT molecular complexity index is 366. The molecule has 0 saturated heterocycles. The molecule has 0 heterocycles. The van der Waals surface area contributed by atoms with Gasteiger partial charge in [-0.25, -0.2) is 9.59 Å². The maximum Gasteiger partial charge on any atom is 0.408 e. The second-order valence-electron chi connectivity index (χ2n) is 6.52. The number of aliphatic carboxylic acids is 1. The van der Waals surface area contributed by atoms with Crippen molar-refractivity contribution in [1.82, 2.24) is 5.32 Å². The van der Waals surface area contributed by atoms with Gasteiger partial charge in [-0.15, -0.1) is 0 Å². The van der Waals surface area contributed by atoms with Crippen LogP contribution in [0.5, 0.6) is 0 Å². The van der Waals surface area contributed by atoms with Gasteiger partial charge in [-0.3, -0.25) is 0 Å². The molecule has 0 aromatic heterocycles. The lowest BCUT2D eigenvalue weighted by Crippen LogP contribution is -2.59. The molecule has 1 saturated carbocycles. The summed E-state index contributed by atoms with van der Waals surface area (Å²) in [5, 5.41) is 21.5. The average Bonchev–Trinajstić information content (AvgIpc) is 2.10. The van der Waals surface area contributed by atoms with E-state index in [0.717, 1.165) is 6.42 Å². The smallest absolute Gasteiger partial charge is 0.408 e. The maximum absolute atomic E-state index is 11.8. The lowest BCUT2D eigenvalue weighted by molar-refractivity contribution is -0.160. The minimum atomic E-state index is -1.85. The number of hydrogen-bond acceptors (Lipinski definition) is 4. The number of carbonyl (C=O) groups excluding carboxylic acids is 1. The molecule has 110 valence electrons. The predicted octanol–water partition coefficient (Wildman–Crippen LogP) is 1.66. The second-order valence-corrected chi connectivity index (χ2v) is 6.52. The van der Waals surface area contributed by atoms with E-state index >= 15 is 0 Å². The number of rotatable bonds is 4. The standard InChI is InChI=1S/C13H23NO5/c1-11(2,3)19-10(17)14-13(6-5-7-13)8-12(4,18)9(15)16/h18H,5-8H2,1-4H3,(H,14,17)(H,15,16). The molecule has 0 aromatic rings. The van der Waals surface area contributed by atoms with Crippen molar-refractivity contribution < 1.29 is 24.5 Å². The summed E-state index contributed by atoms with van der Waals surface area (Å²) in [6, 6.07) is 0. The Morgan fingerprint density at radius 1 is 1.26 bits per heavy atom. The summed E-state index contributed by atoms with van der Waals surface area (Å²) >= 11 is 0. The van der Waals surface area contributed by atoms with E-state index in [-0.39, 0.29) is 6.42 Å². The third-order valence-electron chi connectivity index (χ3n) is 3.22. The van der Waals surface area contributed by atoms with E-state index in [1.165, 1.54) is 6.92 Å². The molecule has 19 heavy (non-hydrogen) atoms. The Morgan fingerprint density at radius 2 is 1.79 bits per heavy atom. The van der Waals surface area contributed by atoms with Crippen molar-refractivity contribution in [3.8, 4) is 0 Å². The van der Waals surface area contributed by atoms with Crippen LogP contribution in [0.15, 0.2) is 0 Å². The minimum absolute atomic E-state index is 0.0193. The quantitative estimate of drug-likeness (QED) is 0.724. The second kappa shape index (κ2) is 5.00. The number of nitrogens with one attached hydrogen (secondary N) is 1. The summed E-state index contributed by atoms with van der Waals surface area (Å²) in [6.45, 7) is 6.51. The first-order valence-corrected chi connectivity index (χ1v) is 6.43. The summed E-state index contributed by atoms with van der Waals surface area (Å²) in [4.78, 5) is 22.7. The van der Waals surface area contributed by atoms with Crippen molar-refractivity contribution in [3.63, 3.8) is 0 Å². The maximum atomic E-state index is 11.8. The van der Waals surface area contributed by atoms with E-state index in [1.54, 1.807) is 20.8 Å². The van der Waals surface area contributed by atoms with Gasteiger partial charge in [0, 0.05) is 12.0 Å². The van der Waals surface area contributed by atoms with Crippen LogP contribution in [-0.4, -0.2) is 39.0 Å². The van der Waals surface area contributed by atoms with Crippen LogP contribution in [0.25, 0.3) is 0 Å². The molecule has 1 amide bonds. The fourth-order valence-electron chi connectivity index (χ4n) is 2.20. The van der Waals surface area contributed by atoms with E-state index < -0.39 is 28.8 Å². The van der Waals surface area contributed by atoms with Crippen molar-refractivity contribution in [2.45, 2.75) is 70.1 Å². The number of aliphatic hydroxyl groups is 1. The molecule has 1 fully saturated rings. The molecule has 0 spiro atoms. The minimum Gasteiger partial charge on any atom is -0.479 e. The lowest BCUT2D eigenvalue weighted by Gasteiger charge is -2.45. The zero-order chi connectivity index (χ0) is 14.9. The first-order valence-electron chi connectivity index (χ1n) is 6.43. The van der Waals surface area contributed by atoms with E-state index in [4.69, 9.17) is 9.84 Å². The predicted molar refractivity (Wildman–Crippen MR) is 68.8 cm³/mol. The Kier molecular flexibility index (Phi) is 4.14. The molecule has 0 aromatic carbocycles. The molecule has 1 unspecified atom stereocenters. The van der Waals surface area contributed by atoms with Crippen LogP contribution in [0.1, 0.15) is 53.4 Å². The highest BCUT2D eigenvalue weighted by molar-refractivity contribution is 5.77. The Hall–Kier alpha value is -1.30. The van der Waals surface area contributed by atoms with Gasteiger partial charge in [0.1, 0.15) is 5.60 Å². The Labute approximate surface area is 113 Å². The van der Waals surface area contributed by atoms with Crippen LogP contribution in [0.2, 0.25) is 0 Å². The van der Waals surface area contributed by atoms with Gasteiger partial charge in [-0.2, -0.15) is 0 Å². The fraction of sp³-hybridized carbons (Fsp3) is 0.846. The molecule has 0 aliphatic heterocycles. The molecule has 1 aliphatic carbocycles. The first kappa shape index (κ1) is 15.8. The molecule has 6 nitrogen and oxygen atoms in total. The molecule has 0 radical (unpaired) electrons. The number of carbonyl (C=O) groups is 2. The van der Waals surface area contributed by atoms with Crippen LogP contribution in [0.3, 0.4) is 0 Å². The van der Waals surface area contributed by atoms with Crippen molar-refractivity contribution in [2.24, 2.45) is 0 Å². The Balaban J connectivity index is 2.67. The summed E-state index contributed by atoms with van der Waals surface area (Å²) in [5.74, 6) is -1.29. The van der Waals surface area contributed by atoms with Crippen LogP contribution in [0, 0.1) is 0 Å². The number of carboxylic acid groups (broad SMARTS) is 1. The van der Waals surface area contributed by atoms with Crippen LogP contribution in [-0.2, 0) is 9.53 Å². The Morgan fingerprint density at radius 3 is 2.11 bits per heavy atom. The topological polar surface area (TPSA) is 95.9 Å². The highest BCUT2D eigenvalue weighted by Crippen LogP contribution is 2.38. The molecule has 6 heteroatoms. The molecule has 1 rings (SSSR count). The monoisotopic (exact) mass is 273 g/mol. The number of carboxylic acids is 1. The summed E-state index contributed by atoms with van der Waals surface area (Å²) < 4.78 is 5.16. The highest BCUT2D eigenvalue weighted by Gasteiger charge is 2.47. The summed E-state index contributed by atoms with van der Waals surface area (Å²) in [5.41, 5.74) is -3.13. The molecular weight excluding hydrogens is 250 g/mol. The fourth-order valence-corrected chi connectivity index (χ4v) is 2.20. The van der Waals surface area contributed by atoms with Crippen molar-refractivity contribution in [1.29, 1.82) is 0 Å². The zero-order valence-corrected chi connectivity index (χ0v) is 11.9. The third kappa shape index (κ3) is 4.38. The number of alkyl carbamates (subject to hydrolysis) is 1. The van der Waals surface area contributed by atoms with Gasteiger partial charge >= 0.3 is 12.1 Å². The van der Waals surface area contributed by atoms with Crippen LogP contribution in [0.4, 0.5) is 4.79 Å². The molecule has 1 atom stereocenters. The van der Waals surface area contributed by atoms with Crippen molar-refractivity contribution in [2.75, 3.05) is 0 Å². The third-order valence-corrected chi connectivity index (χ3v) is 3.22. The lowest BCUT2D eigenvalue weighted by atomic mass is 9.70. The van der Waals surface area contributed by atoms with Crippen molar-refractivity contribution in [3.05, 3.63) is 0 Å². The van der Waals surface area contributed by atoms with E-state index in [1.807, 2.05) is 0 Å². The van der Waals surface area contributed by atoms with Gasteiger partial charge in [-0.05, 0) is 47.0 Å². The number of hydrogen-bond donors (Lipinski definition) is 3. The highest BCUT2D eigenvalue weighted by atomic mass is 16.6. The molecule has 3 N–H and O–H groups in total. The van der Waals surface area contributed by atoms with Crippen LogP contribution < -0.4 is 5.32 Å². The van der Waals surface area contributed by atoms with Crippen molar-refractivity contribution >= 4 is 12.1 Å². The molecular formula is C13H23NO5.